The van der Waals surface area contributed by atoms with Crippen LogP contribution in [0.2, 0.25) is 0 Å². The maximum Gasteiger partial charge on any atom is 0.127 e. The zero-order valence-electron chi connectivity index (χ0n) is 16.1. The van der Waals surface area contributed by atoms with E-state index in [1.807, 2.05) is 30.3 Å². The largest absolute Gasteiger partial charge is 0.393 e. The standard InChI is InChI=1S/C24H25FN2O/c1-3-7-18-10-11-19(14-22(18)25)20-12-13-23-24(15-20)26-16-21(27-23)9-6-4-5-8-17(2)28/h3,6,9-17,28H,1,4-5,7-8H2,2H3. The van der Waals surface area contributed by atoms with E-state index in [1.165, 1.54) is 0 Å². The minimum Gasteiger partial charge on any atom is -0.393 e. The lowest BCUT2D eigenvalue weighted by atomic mass is 10.0. The minimum absolute atomic E-state index is 0.223. The van der Waals surface area contributed by atoms with Gasteiger partial charge in [0.25, 0.3) is 0 Å². The predicted molar refractivity (Wildman–Crippen MR) is 113 cm³/mol. The molecule has 0 aliphatic rings. The van der Waals surface area contributed by atoms with E-state index in [1.54, 1.807) is 31.3 Å². The van der Waals surface area contributed by atoms with Crippen molar-refractivity contribution in [3.8, 4) is 11.1 Å². The highest BCUT2D eigenvalue weighted by molar-refractivity contribution is 5.81. The van der Waals surface area contributed by atoms with Crippen molar-refractivity contribution in [1.29, 1.82) is 0 Å². The molecule has 0 bridgehead atoms. The topological polar surface area (TPSA) is 46.0 Å². The zero-order chi connectivity index (χ0) is 19.9. The SMILES string of the molecule is C=CCc1ccc(-c2ccc3nc(C=CCCCC(C)O)cnc3c2)cc1F. The Morgan fingerprint density at radius 2 is 1.93 bits per heavy atom. The van der Waals surface area contributed by atoms with Crippen LogP contribution in [0.5, 0.6) is 0 Å². The molecule has 1 aromatic heterocycles. The van der Waals surface area contributed by atoms with Gasteiger partial charge in [-0.3, -0.25) is 4.98 Å². The number of allylic oxidation sites excluding steroid dienone is 2. The van der Waals surface area contributed by atoms with E-state index in [0.29, 0.717) is 12.0 Å². The fourth-order valence-corrected chi connectivity index (χ4v) is 3.07. The minimum atomic E-state index is -0.255. The summed E-state index contributed by atoms with van der Waals surface area (Å²) in [5, 5.41) is 9.27. The highest BCUT2D eigenvalue weighted by Crippen LogP contribution is 2.25. The third-order valence-corrected chi connectivity index (χ3v) is 4.59. The van der Waals surface area contributed by atoms with Gasteiger partial charge < -0.3 is 5.11 Å². The van der Waals surface area contributed by atoms with Crippen LogP contribution in [-0.4, -0.2) is 21.2 Å². The molecule has 1 N–H and O–H groups in total. The molecular weight excluding hydrogens is 351 g/mol. The normalized spacial score (nSPS) is 12.5. The Kier molecular flexibility index (Phi) is 6.66. The number of halogens is 1. The van der Waals surface area contributed by atoms with Gasteiger partial charge in [-0.25, -0.2) is 9.37 Å². The Labute approximate surface area is 165 Å². The lowest BCUT2D eigenvalue weighted by Crippen LogP contribution is -1.97. The second-order valence-electron chi connectivity index (χ2n) is 6.98. The molecule has 28 heavy (non-hydrogen) atoms. The molecule has 0 radical (unpaired) electrons. The summed E-state index contributed by atoms with van der Waals surface area (Å²) < 4.78 is 14.2. The molecule has 4 heteroatoms. The van der Waals surface area contributed by atoms with Gasteiger partial charge in [0, 0.05) is 0 Å². The predicted octanol–water partition coefficient (Wildman–Crippen LogP) is 5.73. The number of nitrogens with zero attached hydrogens (tertiary/aromatic N) is 2. The van der Waals surface area contributed by atoms with Crippen molar-refractivity contribution in [2.24, 2.45) is 0 Å². The summed E-state index contributed by atoms with van der Waals surface area (Å²) in [7, 11) is 0. The van der Waals surface area contributed by atoms with Crippen molar-refractivity contribution in [2.45, 2.75) is 38.7 Å². The first-order valence-electron chi connectivity index (χ1n) is 9.58. The van der Waals surface area contributed by atoms with Gasteiger partial charge in [0.15, 0.2) is 0 Å². The maximum absolute atomic E-state index is 14.2. The molecule has 1 atom stereocenters. The molecule has 0 saturated carbocycles. The molecule has 144 valence electrons. The summed E-state index contributed by atoms with van der Waals surface area (Å²) in [5.74, 6) is -0.223. The summed E-state index contributed by atoms with van der Waals surface area (Å²) in [5.41, 5.74) is 4.75. The average molecular weight is 376 g/mol. The molecule has 3 nitrogen and oxygen atoms in total. The first-order valence-corrected chi connectivity index (χ1v) is 9.58. The Bertz CT molecular complexity index is 995. The number of aliphatic hydroxyl groups is 1. The molecule has 0 aliphatic heterocycles. The van der Waals surface area contributed by atoms with Crippen molar-refractivity contribution in [3.63, 3.8) is 0 Å². The van der Waals surface area contributed by atoms with Crippen LogP contribution in [0.15, 0.2) is 61.3 Å². The average Bonchev–Trinajstić information content (AvgIpc) is 2.68. The van der Waals surface area contributed by atoms with Gasteiger partial charge in [0.2, 0.25) is 0 Å². The van der Waals surface area contributed by atoms with Crippen LogP contribution in [0.3, 0.4) is 0 Å². The first-order chi connectivity index (χ1) is 13.6. The summed E-state index contributed by atoms with van der Waals surface area (Å²) in [6.45, 7) is 5.46. The van der Waals surface area contributed by atoms with Crippen LogP contribution < -0.4 is 0 Å². The second kappa shape index (κ2) is 9.38. The Balaban J connectivity index is 1.76. The first kappa shape index (κ1) is 19.9. The Morgan fingerprint density at radius 1 is 1.14 bits per heavy atom. The van der Waals surface area contributed by atoms with Crippen molar-refractivity contribution in [2.75, 3.05) is 0 Å². The number of benzene rings is 2. The van der Waals surface area contributed by atoms with Crippen LogP contribution in [-0.2, 0) is 6.42 Å². The summed E-state index contributed by atoms with van der Waals surface area (Å²) in [4.78, 5) is 9.12. The Morgan fingerprint density at radius 3 is 2.68 bits per heavy atom. The smallest absolute Gasteiger partial charge is 0.127 e. The third-order valence-electron chi connectivity index (χ3n) is 4.59. The van der Waals surface area contributed by atoms with E-state index >= 15 is 0 Å². The second-order valence-corrected chi connectivity index (χ2v) is 6.98. The van der Waals surface area contributed by atoms with E-state index < -0.39 is 0 Å². The number of hydrogen-bond acceptors (Lipinski definition) is 3. The number of hydrogen-bond donors (Lipinski definition) is 1. The molecule has 0 spiro atoms. The van der Waals surface area contributed by atoms with Gasteiger partial charge in [-0.15, -0.1) is 6.58 Å². The van der Waals surface area contributed by atoms with Gasteiger partial charge in [0.05, 0.1) is 29.0 Å². The van der Waals surface area contributed by atoms with Gasteiger partial charge in [-0.1, -0.05) is 30.4 Å². The molecule has 1 heterocycles. The van der Waals surface area contributed by atoms with Crippen molar-refractivity contribution in [3.05, 3.63) is 78.4 Å². The zero-order valence-corrected chi connectivity index (χ0v) is 16.1. The molecule has 0 saturated heterocycles. The highest BCUT2D eigenvalue weighted by Gasteiger charge is 2.06. The number of fused-ring (bicyclic) bond motifs is 1. The molecule has 1 unspecified atom stereocenters. The summed E-state index contributed by atoms with van der Waals surface area (Å²) in [6.07, 6.45) is 10.4. The quantitative estimate of drug-likeness (QED) is 0.403. The van der Waals surface area contributed by atoms with Crippen molar-refractivity contribution < 1.29 is 9.50 Å². The molecule has 3 rings (SSSR count). The van der Waals surface area contributed by atoms with Crippen molar-refractivity contribution in [1.82, 2.24) is 9.97 Å². The highest BCUT2D eigenvalue weighted by atomic mass is 19.1. The van der Waals surface area contributed by atoms with Crippen LogP contribution in [0.25, 0.3) is 28.2 Å². The number of aromatic nitrogens is 2. The molecular formula is C24H25FN2O. The van der Waals surface area contributed by atoms with Gasteiger partial charge in [-0.05, 0) is 73.6 Å². The van der Waals surface area contributed by atoms with E-state index in [0.717, 1.165) is 47.1 Å². The van der Waals surface area contributed by atoms with Gasteiger partial charge in [-0.2, -0.15) is 0 Å². The van der Waals surface area contributed by atoms with E-state index in [4.69, 9.17) is 0 Å². The van der Waals surface area contributed by atoms with E-state index in [2.05, 4.69) is 22.6 Å². The fraction of sp³-hybridized carbons (Fsp3) is 0.250. The van der Waals surface area contributed by atoms with Gasteiger partial charge >= 0.3 is 0 Å². The lowest BCUT2D eigenvalue weighted by molar-refractivity contribution is 0.182. The maximum atomic E-state index is 14.2. The third kappa shape index (κ3) is 5.11. The number of rotatable bonds is 8. The number of aliphatic hydroxyl groups excluding tert-OH is 1. The molecule has 0 fully saturated rings. The van der Waals surface area contributed by atoms with Crippen LogP contribution in [0.4, 0.5) is 4.39 Å². The summed E-state index contributed by atoms with van der Waals surface area (Å²) >= 11 is 0. The molecule has 0 amide bonds. The molecule has 2 aromatic carbocycles. The lowest BCUT2D eigenvalue weighted by Gasteiger charge is -2.06. The Hall–Kier alpha value is -2.85. The van der Waals surface area contributed by atoms with Crippen LogP contribution in [0.1, 0.15) is 37.4 Å². The van der Waals surface area contributed by atoms with Crippen molar-refractivity contribution >= 4 is 17.1 Å². The molecule has 3 aromatic rings. The van der Waals surface area contributed by atoms with Crippen LogP contribution >= 0.6 is 0 Å². The monoisotopic (exact) mass is 376 g/mol. The van der Waals surface area contributed by atoms with Crippen LogP contribution in [0, 0.1) is 5.82 Å². The van der Waals surface area contributed by atoms with E-state index in [-0.39, 0.29) is 11.9 Å². The fourth-order valence-electron chi connectivity index (χ4n) is 3.07. The number of unbranched alkanes of at least 4 members (excludes halogenated alkanes) is 1. The summed E-state index contributed by atoms with van der Waals surface area (Å²) in [6, 6.07) is 11.1. The molecule has 0 aliphatic carbocycles. The van der Waals surface area contributed by atoms with E-state index in [9.17, 15) is 9.50 Å². The van der Waals surface area contributed by atoms with Gasteiger partial charge in [0.1, 0.15) is 5.82 Å².